The van der Waals surface area contributed by atoms with Crippen LogP contribution < -0.4 is 11.1 Å². The van der Waals surface area contributed by atoms with Crippen LogP contribution in [0.25, 0.3) is 33.6 Å². The Labute approximate surface area is 314 Å². The van der Waals surface area contributed by atoms with E-state index in [1.54, 1.807) is 43.4 Å². The van der Waals surface area contributed by atoms with Crippen LogP contribution in [-0.2, 0) is 14.3 Å². The lowest BCUT2D eigenvalue weighted by atomic mass is 10.0. The van der Waals surface area contributed by atoms with Crippen LogP contribution in [0.3, 0.4) is 0 Å². The fraction of sp³-hybridized carbons (Fsp3) is 0.375. The third-order valence-electron chi connectivity index (χ3n) is 10.3. The molecule has 14 nitrogen and oxygen atoms in total. The molecule has 2 aromatic carbocycles. The molecular formula is C40H46N10O4. The Morgan fingerprint density at radius 2 is 1.26 bits per heavy atom. The fourth-order valence-corrected chi connectivity index (χ4v) is 7.44. The van der Waals surface area contributed by atoms with E-state index in [9.17, 15) is 14.4 Å². The van der Waals surface area contributed by atoms with Gasteiger partial charge in [-0.15, -0.1) is 0 Å². The number of likely N-dealkylation sites (tertiary alicyclic amines) is 2. The van der Waals surface area contributed by atoms with Gasteiger partial charge in [-0.1, -0.05) is 62.4 Å². The van der Waals surface area contributed by atoms with Crippen molar-refractivity contribution >= 4 is 23.9 Å². The first-order valence-corrected chi connectivity index (χ1v) is 18.4. The van der Waals surface area contributed by atoms with Crippen molar-refractivity contribution in [3.63, 3.8) is 0 Å². The number of carbonyl (C=O) groups excluding carboxylic acids is 3. The summed E-state index contributed by atoms with van der Waals surface area (Å²) in [5.74, 6) is 1.67. The predicted molar refractivity (Wildman–Crippen MR) is 203 cm³/mol. The van der Waals surface area contributed by atoms with Crippen LogP contribution in [0.5, 0.6) is 0 Å². The van der Waals surface area contributed by atoms with Gasteiger partial charge in [0.15, 0.2) is 5.60 Å². The second-order valence-electron chi connectivity index (χ2n) is 14.7. The van der Waals surface area contributed by atoms with Crippen LogP contribution in [0.2, 0.25) is 0 Å². The average molecular weight is 731 g/mol. The molecular weight excluding hydrogens is 685 g/mol. The summed E-state index contributed by atoms with van der Waals surface area (Å²) in [6.45, 7) is 8.35. The molecule has 0 unspecified atom stereocenters. The number of nitrogens with two attached hydrogens (primary N) is 1. The van der Waals surface area contributed by atoms with Crippen LogP contribution >= 0.6 is 0 Å². The summed E-state index contributed by atoms with van der Waals surface area (Å²) >= 11 is 0. The first-order valence-electron chi connectivity index (χ1n) is 18.4. The number of carbonyl (C=O) groups is 3. The molecule has 2 fully saturated rings. The van der Waals surface area contributed by atoms with E-state index in [1.807, 2.05) is 37.1 Å². The Balaban J connectivity index is 1.00. The van der Waals surface area contributed by atoms with Gasteiger partial charge < -0.3 is 35.6 Å². The Morgan fingerprint density at radius 1 is 0.778 bits per heavy atom. The minimum Gasteiger partial charge on any atom is -0.434 e. The number of amides is 3. The van der Waals surface area contributed by atoms with Crippen LogP contribution in [0.15, 0.2) is 79.4 Å². The summed E-state index contributed by atoms with van der Waals surface area (Å²) in [4.78, 5) is 66.8. The van der Waals surface area contributed by atoms with E-state index < -0.39 is 17.7 Å². The molecule has 3 atom stereocenters. The zero-order chi connectivity index (χ0) is 38.0. The molecule has 54 heavy (non-hydrogen) atoms. The van der Waals surface area contributed by atoms with Crippen molar-refractivity contribution in [1.29, 1.82) is 0 Å². The zero-order valence-corrected chi connectivity index (χ0v) is 31.0. The maximum Gasteiger partial charge on any atom is 0.405 e. The highest BCUT2D eigenvalue weighted by atomic mass is 16.6. The van der Waals surface area contributed by atoms with Gasteiger partial charge >= 0.3 is 6.09 Å². The van der Waals surface area contributed by atoms with Crippen molar-refractivity contribution in [3.05, 3.63) is 91.0 Å². The largest absolute Gasteiger partial charge is 0.434 e. The Kier molecular flexibility index (Phi) is 10.2. The van der Waals surface area contributed by atoms with Gasteiger partial charge in [-0.25, -0.2) is 24.7 Å². The molecule has 2 aliphatic heterocycles. The van der Waals surface area contributed by atoms with E-state index >= 15 is 0 Å². The smallest absolute Gasteiger partial charge is 0.405 e. The maximum absolute atomic E-state index is 13.8. The summed E-state index contributed by atoms with van der Waals surface area (Å²) in [5.41, 5.74) is 9.67. The van der Waals surface area contributed by atoms with E-state index in [1.165, 1.54) is 0 Å². The normalized spacial score (nSPS) is 17.9. The molecule has 3 aromatic heterocycles. The second-order valence-corrected chi connectivity index (χ2v) is 14.7. The number of hydrogen-bond donors (Lipinski definition) is 4. The molecule has 0 aliphatic carbocycles. The van der Waals surface area contributed by atoms with Crippen molar-refractivity contribution in [3.8, 4) is 33.6 Å². The number of anilines is 1. The third-order valence-corrected chi connectivity index (χ3v) is 10.3. The van der Waals surface area contributed by atoms with Crippen LogP contribution in [0.1, 0.15) is 77.1 Å². The highest BCUT2D eigenvalue weighted by Gasteiger charge is 2.42. The summed E-state index contributed by atoms with van der Waals surface area (Å²) < 4.78 is 5.10. The van der Waals surface area contributed by atoms with E-state index in [2.05, 4.69) is 66.6 Å². The van der Waals surface area contributed by atoms with Gasteiger partial charge in [-0.05, 0) is 73.8 Å². The number of rotatable bonds is 11. The number of aromatic nitrogens is 6. The summed E-state index contributed by atoms with van der Waals surface area (Å²) in [6.07, 6.45) is 9.27. The van der Waals surface area contributed by atoms with Gasteiger partial charge in [-0.3, -0.25) is 9.59 Å². The van der Waals surface area contributed by atoms with Crippen LogP contribution in [0, 0.1) is 5.92 Å². The van der Waals surface area contributed by atoms with Gasteiger partial charge in [0.05, 0.1) is 35.9 Å². The number of H-pyrrole nitrogens is 2. The van der Waals surface area contributed by atoms with Gasteiger partial charge in [0, 0.05) is 25.5 Å². The third kappa shape index (κ3) is 7.54. The number of benzene rings is 2. The molecule has 0 spiro atoms. The molecule has 0 bridgehead atoms. The van der Waals surface area contributed by atoms with Crippen molar-refractivity contribution in [2.75, 3.05) is 18.4 Å². The quantitative estimate of drug-likeness (QED) is 0.122. The first-order chi connectivity index (χ1) is 26.0. The molecule has 0 saturated carbocycles. The number of aromatic amines is 2. The predicted octanol–water partition coefficient (Wildman–Crippen LogP) is 6.26. The average Bonchev–Trinajstić information content (AvgIpc) is 4.00. The van der Waals surface area contributed by atoms with Crippen molar-refractivity contribution in [2.24, 2.45) is 11.7 Å². The SMILES string of the molecule is CC(C)[C@H](Nc1ncccn1)C(=O)N1CCC[C@H]1c1ncc(-c2ccc(-c3ccc(-c4cnc([C@@H]5CCCN5C(=O)C(C)(C)OC(N)=O)[nH]4)cc3)cc2)[nH]1. The number of nitrogens with zero attached hydrogens (tertiary/aromatic N) is 6. The molecule has 3 amide bonds. The van der Waals surface area contributed by atoms with Crippen LogP contribution in [-0.4, -0.2) is 82.3 Å². The van der Waals surface area contributed by atoms with Gasteiger partial charge in [0.1, 0.15) is 17.7 Å². The fourth-order valence-electron chi connectivity index (χ4n) is 7.44. The molecule has 5 aromatic rings. The van der Waals surface area contributed by atoms with E-state index in [-0.39, 0.29) is 29.8 Å². The summed E-state index contributed by atoms with van der Waals surface area (Å²) in [5, 5.41) is 3.24. The Morgan fingerprint density at radius 3 is 1.76 bits per heavy atom. The number of primary amides is 1. The molecule has 14 heteroatoms. The monoisotopic (exact) mass is 730 g/mol. The lowest BCUT2D eigenvalue weighted by Crippen LogP contribution is -2.48. The highest BCUT2D eigenvalue weighted by Crippen LogP contribution is 2.36. The van der Waals surface area contributed by atoms with Crippen molar-refractivity contribution < 1.29 is 19.1 Å². The molecule has 7 rings (SSSR count). The van der Waals surface area contributed by atoms with E-state index in [0.717, 1.165) is 65.1 Å². The number of ether oxygens (including phenoxy) is 1. The highest BCUT2D eigenvalue weighted by molar-refractivity contribution is 5.87. The van der Waals surface area contributed by atoms with Crippen LogP contribution in [0.4, 0.5) is 10.7 Å². The molecule has 280 valence electrons. The number of nitrogens with one attached hydrogen (secondary N) is 3. The minimum atomic E-state index is -1.37. The summed E-state index contributed by atoms with van der Waals surface area (Å²) in [6, 6.07) is 17.5. The van der Waals surface area contributed by atoms with E-state index in [4.69, 9.17) is 15.5 Å². The van der Waals surface area contributed by atoms with E-state index in [0.29, 0.717) is 24.9 Å². The second kappa shape index (κ2) is 15.1. The summed E-state index contributed by atoms with van der Waals surface area (Å²) in [7, 11) is 0. The van der Waals surface area contributed by atoms with Crippen molar-refractivity contribution in [2.45, 2.75) is 77.1 Å². The van der Waals surface area contributed by atoms with Gasteiger partial charge in [0.2, 0.25) is 11.9 Å². The Bertz CT molecular complexity index is 2090. The molecule has 5 heterocycles. The number of hydrogen-bond acceptors (Lipinski definition) is 9. The van der Waals surface area contributed by atoms with Crippen molar-refractivity contribution in [1.82, 2.24) is 39.7 Å². The molecule has 0 radical (unpaired) electrons. The van der Waals surface area contributed by atoms with Gasteiger partial charge in [0.25, 0.3) is 5.91 Å². The van der Waals surface area contributed by atoms with Gasteiger partial charge in [-0.2, -0.15) is 0 Å². The topological polar surface area (TPSA) is 188 Å². The molecule has 2 aliphatic rings. The minimum absolute atomic E-state index is 0.0200. The molecule has 2 saturated heterocycles. The Hall–Kier alpha value is -6.05. The standard InChI is InChI=1S/C40H46N10O4/c1-24(2)33(48-39-42-18-7-19-43-39)36(51)49-20-5-8-31(49)34-44-22-29(46-34)27-14-10-25(11-15-27)26-12-16-28(17-13-26)30-23-45-35(47-30)32-9-6-21-50(32)37(52)40(3,4)54-38(41)53/h7,10-19,22-24,31-33H,5-6,8-9,20-21H2,1-4H3,(H2,41,53)(H,44,46)(H,45,47)(H,42,43,48)/t31-,32-,33-/m0/s1. The first kappa shape index (κ1) is 36.3. The maximum atomic E-state index is 13.8. The lowest BCUT2D eigenvalue weighted by Gasteiger charge is -2.31. The lowest BCUT2D eigenvalue weighted by molar-refractivity contribution is -0.149. The molecule has 5 N–H and O–H groups in total. The number of imidazole rings is 2. The zero-order valence-electron chi connectivity index (χ0n) is 31.0.